The van der Waals surface area contributed by atoms with Gasteiger partial charge < -0.3 is 9.32 Å². The number of hydrogen-bond donors (Lipinski definition) is 0. The first-order valence-electron chi connectivity index (χ1n) is 14.0. The molecule has 4 aliphatic rings. The standard InChI is InChI=1S/C35H26ClN2O3S/c36-42(39,40)34-12-6-3-9-29(34)35-27-15-13-25(37-19-17-23-7-1-4-10-30(23)37)21-32(27)41-33-22-26(14-16-28(33)35)38-20-18-24-8-2-5-11-31(24)38/h1-16,21-22H,17-20H2/q+1. The van der Waals surface area contributed by atoms with Gasteiger partial charge in [-0.05, 0) is 42.3 Å². The molecule has 1 aliphatic carbocycles. The Balaban J connectivity index is 1.42. The van der Waals surface area contributed by atoms with Crippen LogP contribution in [0.5, 0.6) is 0 Å². The summed E-state index contributed by atoms with van der Waals surface area (Å²) < 4.78 is 34.4. The van der Waals surface area contributed by atoms with Crippen molar-refractivity contribution in [1.82, 2.24) is 4.58 Å². The van der Waals surface area contributed by atoms with Crippen molar-refractivity contribution >= 4 is 47.8 Å². The summed E-state index contributed by atoms with van der Waals surface area (Å²) in [6, 6.07) is 36.2. The molecule has 3 aliphatic heterocycles. The zero-order valence-electron chi connectivity index (χ0n) is 22.6. The highest BCUT2D eigenvalue weighted by atomic mass is 35.7. The van der Waals surface area contributed by atoms with Crippen molar-refractivity contribution in [3.8, 4) is 22.5 Å². The molecule has 0 unspecified atom stereocenters. The lowest BCUT2D eigenvalue weighted by atomic mass is 9.93. The zero-order chi connectivity index (χ0) is 28.4. The van der Waals surface area contributed by atoms with E-state index in [0.717, 1.165) is 53.5 Å². The average molecular weight is 590 g/mol. The van der Waals surface area contributed by atoms with Crippen LogP contribution in [-0.2, 0) is 21.9 Å². The molecule has 42 heavy (non-hydrogen) atoms. The van der Waals surface area contributed by atoms with Crippen LogP contribution in [0.1, 0.15) is 11.1 Å². The molecule has 0 radical (unpaired) electrons. The normalized spacial score (nSPS) is 15.8. The molecule has 0 aromatic heterocycles. The number of anilines is 2. The summed E-state index contributed by atoms with van der Waals surface area (Å²) >= 11 is 0. The molecule has 0 spiro atoms. The quantitative estimate of drug-likeness (QED) is 0.122. The molecule has 206 valence electrons. The van der Waals surface area contributed by atoms with Gasteiger partial charge in [0.1, 0.15) is 11.3 Å². The molecule has 0 saturated carbocycles. The molecule has 3 heterocycles. The third-order valence-corrected chi connectivity index (χ3v) is 9.89. The molecular formula is C35H26ClN2O3S+. The number of benzene rings is 5. The van der Waals surface area contributed by atoms with Gasteiger partial charge in [0.05, 0.1) is 11.0 Å². The van der Waals surface area contributed by atoms with Crippen LogP contribution in [0, 0.1) is 0 Å². The summed E-state index contributed by atoms with van der Waals surface area (Å²) in [7, 11) is 1.97. The van der Waals surface area contributed by atoms with Gasteiger partial charge in [-0.1, -0.05) is 54.6 Å². The molecule has 8 rings (SSSR count). The van der Waals surface area contributed by atoms with Crippen molar-refractivity contribution in [3.63, 3.8) is 0 Å². The van der Waals surface area contributed by atoms with E-state index in [2.05, 4.69) is 82.3 Å². The summed E-state index contributed by atoms with van der Waals surface area (Å²) in [5.74, 6) is 0.681. The van der Waals surface area contributed by atoms with Gasteiger partial charge in [0.25, 0.3) is 9.05 Å². The van der Waals surface area contributed by atoms with Crippen LogP contribution >= 0.6 is 10.7 Å². The number of halogens is 1. The van der Waals surface area contributed by atoms with Crippen molar-refractivity contribution in [2.45, 2.75) is 17.7 Å². The molecule has 5 nitrogen and oxygen atoms in total. The second kappa shape index (κ2) is 9.58. The lowest BCUT2D eigenvalue weighted by Gasteiger charge is -2.21. The fourth-order valence-electron chi connectivity index (χ4n) is 6.59. The van der Waals surface area contributed by atoms with Crippen molar-refractivity contribution in [2.24, 2.45) is 0 Å². The lowest BCUT2D eigenvalue weighted by Crippen LogP contribution is -2.23. The molecule has 4 aromatic carbocycles. The van der Waals surface area contributed by atoms with E-state index in [1.165, 1.54) is 22.5 Å². The van der Waals surface area contributed by atoms with E-state index in [0.29, 0.717) is 16.9 Å². The maximum atomic E-state index is 12.7. The highest BCUT2D eigenvalue weighted by Crippen LogP contribution is 2.44. The van der Waals surface area contributed by atoms with Crippen LogP contribution in [0.25, 0.3) is 33.4 Å². The molecule has 0 fully saturated rings. The molecule has 4 aromatic rings. The van der Waals surface area contributed by atoms with Gasteiger partial charge in [0.2, 0.25) is 11.0 Å². The summed E-state index contributed by atoms with van der Waals surface area (Å²) in [5.41, 5.74) is 8.92. The van der Waals surface area contributed by atoms with Gasteiger partial charge in [0.15, 0.2) is 6.54 Å². The highest BCUT2D eigenvalue weighted by Gasteiger charge is 2.27. The third-order valence-electron chi connectivity index (χ3n) is 8.51. The maximum Gasteiger partial charge on any atom is 0.261 e. The zero-order valence-corrected chi connectivity index (χ0v) is 24.2. The van der Waals surface area contributed by atoms with Crippen molar-refractivity contribution < 1.29 is 12.8 Å². The average Bonchev–Trinajstić information content (AvgIpc) is 3.64. The first-order valence-corrected chi connectivity index (χ1v) is 16.4. The van der Waals surface area contributed by atoms with Crippen LogP contribution < -0.4 is 14.8 Å². The number of hydrogen-bond acceptors (Lipinski definition) is 4. The number of para-hydroxylation sites is 2. The Morgan fingerprint density at radius 2 is 1.55 bits per heavy atom. The van der Waals surface area contributed by atoms with E-state index in [9.17, 15) is 8.42 Å². The number of rotatable bonds is 3. The van der Waals surface area contributed by atoms with E-state index in [4.69, 9.17) is 15.1 Å². The third kappa shape index (κ3) is 4.05. The SMILES string of the molecule is O=S(=O)(Cl)c1ccccc1-c1c2ccc(=[N+]3CCc4ccccc43)cc-2oc2cc(N3CCc4ccccc43)ccc12. The van der Waals surface area contributed by atoms with E-state index in [1.807, 2.05) is 24.3 Å². The Kier molecular flexibility index (Phi) is 5.78. The Labute approximate surface area is 248 Å². The Bertz CT molecular complexity index is 2200. The van der Waals surface area contributed by atoms with E-state index >= 15 is 0 Å². The smallest absolute Gasteiger partial charge is 0.261 e. The predicted octanol–water partition coefficient (Wildman–Crippen LogP) is 7.49. The van der Waals surface area contributed by atoms with E-state index in [-0.39, 0.29) is 4.90 Å². The fourth-order valence-corrected chi connectivity index (χ4v) is 7.67. The van der Waals surface area contributed by atoms with E-state index in [1.54, 1.807) is 12.1 Å². The molecule has 0 amide bonds. The predicted molar refractivity (Wildman–Crippen MR) is 168 cm³/mol. The largest absolute Gasteiger partial charge is 0.456 e. The van der Waals surface area contributed by atoms with Gasteiger partial charge in [-0.3, -0.25) is 0 Å². The second-order valence-electron chi connectivity index (χ2n) is 10.8. The molecule has 7 heteroatoms. The molecule has 0 saturated heterocycles. The van der Waals surface area contributed by atoms with Crippen molar-refractivity contribution in [1.29, 1.82) is 0 Å². The van der Waals surface area contributed by atoms with Crippen LogP contribution in [0.2, 0.25) is 0 Å². The summed E-state index contributed by atoms with van der Waals surface area (Å²) in [6.45, 7) is 1.77. The molecule has 0 bridgehead atoms. The first kappa shape index (κ1) is 25.3. The Hall–Kier alpha value is -4.39. The minimum absolute atomic E-state index is 0.0792. The summed E-state index contributed by atoms with van der Waals surface area (Å²) in [5, 5.41) is 1.86. The van der Waals surface area contributed by atoms with Gasteiger partial charge >= 0.3 is 0 Å². The topological polar surface area (TPSA) is 53.5 Å². The maximum absolute atomic E-state index is 12.7. The van der Waals surface area contributed by atoms with E-state index < -0.39 is 9.05 Å². The number of fused-ring (bicyclic) bond motifs is 4. The Morgan fingerprint density at radius 3 is 2.43 bits per heavy atom. The van der Waals surface area contributed by atoms with Crippen LogP contribution in [0.3, 0.4) is 0 Å². The van der Waals surface area contributed by atoms with Crippen LogP contribution in [0.15, 0.2) is 119 Å². The Morgan fingerprint density at radius 1 is 0.762 bits per heavy atom. The van der Waals surface area contributed by atoms with Crippen LogP contribution in [0.4, 0.5) is 17.1 Å². The summed E-state index contributed by atoms with van der Waals surface area (Å²) in [6.07, 6.45) is 1.96. The minimum atomic E-state index is -4.00. The molecule has 0 N–H and O–H groups in total. The first-order chi connectivity index (χ1) is 20.5. The lowest BCUT2D eigenvalue weighted by molar-refractivity contribution is 0.609. The van der Waals surface area contributed by atoms with Gasteiger partial charge in [-0.15, -0.1) is 0 Å². The number of nitrogens with zero attached hydrogens (tertiary/aromatic N) is 2. The van der Waals surface area contributed by atoms with Gasteiger partial charge in [0, 0.05) is 80.9 Å². The minimum Gasteiger partial charge on any atom is -0.456 e. The van der Waals surface area contributed by atoms with Gasteiger partial charge in [-0.2, -0.15) is 4.58 Å². The molecular weight excluding hydrogens is 564 g/mol. The highest BCUT2D eigenvalue weighted by molar-refractivity contribution is 8.13. The summed E-state index contributed by atoms with van der Waals surface area (Å²) in [4.78, 5) is 2.39. The second-order valence-corrected chi connectivity index (χ2v) is 13.4. The van der Waals surface area contributed by atoms with Crippen molar-refractivity contribution in [2.75, 3.05) is 18.0 Å². The monoisotopic (exact) mass is 589 g/mol. The van der Waals surface area contributed by atoms with Crippen LogP contribution in [-0.4, -0.2) is 21.5 Å². The fraction of sp³-hybridized carbons (Fsp3) is 0.114. The van der Waals surface area contributed by atoms with Crippen molar-refractivity contribution in [3.05, 3.63) is 126 Å². The molecule has 0 atom stereocenters. The van der Waals surface area contributed by atoms with Gasteiger partial charge in [-0.25, -0.2) is 8.42 Å².